The molecule has 0 aromatic heterocycles. The zero-order valence-corrected chi connectivity index (χ0v) is 9.95. The number of hydrogen-bond acceptors (Lipinski definition) is 3. The van der Waals surface area contributed by atoms with E-state index in [2.05, 4.69) is 10.6 Å². The van der Waals surface area contributed by atoms with E-state index in [4.69, 9.17) is 5.73 Å². The van der Waals surface area contributed by atoms with Gasteiger partial charge in [-0.15, -0.1) is 0 Å². The van der Waals surface area contributed by atoms with Crippen molar-refractivity contribution in [2.75, 3.05) is 6.54 Å². The van der Waals surface area contributed by atoms with Crippen LogP contribution in [0.2, 0.25) is 0 Å². The summed E-state index contributed by atoms with van der Waals surface area (Å²) in [6, 6.07) is -0.192. The van der Waals surface area contributed by atoms with E-state index in [-0.39, 0.29) is 18.4 Å². The van der Waals surface area contributed by atoms with Crippen LogP contribution in [0.15, 0.2) is 0 Å². The van der Waals surface area contributed by atoms with Gasteiger partial charge in [-0.05, 0) is 25.2 Å². The molecule has 1 aliphatic rings. The maximum absolute atomic E-state index is 11.5. The predicted octanol–water partition coefficient (Wildman–Crippen LogP) is -0.245. The zero-order chi connectivity index (χ0) is 12.1. The van der Waals surface area contributed by atoms with Gasteiger partial charge in [-0.2, -0.15) is 0 Å². The summed E-state index contributed by atoms with van der Waals surface area (Å²) in [7, 11) is 0. The average Bonchev–Trinajstić information content (AvgIpc) is 2.96. The van der Waals surface area contributed by atoms with Crippen LogP contribution < -0.4 is 16.4 Å². The summed E-state index contributed by atoms with van der Waals surface area (Å²) >= 11 is 0. The smallest absolute Gasteiger partial charge is 0.239 e. The molecule has 92 valence electrons. The van der Waals surface area contributed by atoms with Crippen LogP contribution in [-0.4, -0.2) is 30.4 Å². The second-order valence-electron chi connectivity index (χ2n) is 4.80. The summed E-state index contributed by atoms with van der Waals surface area (Å²) in [5.41, 5.74) is 5.67. The normalized spacial score (nSPS) is 17.0. The maximum atomic E-state index is 11.5. The first-order valence-electron chi connectivity index (χ1n) is 5.81. The van der Waals surface area contributed by atoms with Gasteiger partial charge in [0, 0.05) is 6.04 Å². The highest BCUT2D eigenvalue weighted by Crippen LogP contribution is 2.18. The molecule has 1 rings (SSSR count). The number of hydrogen-bond donors (Lipinski definition) is 3. The first-order chi connectivity index (χ1) is 7.49. The van der Waals surface area contributed by atoms with Crippen molar-refractivity contribution < 1.29 is 9.59 Å². The Morgan fingerprint density at radius 3 is 2.50 bits per heavy atom. The van der Waals surface area contributed by atoms with Crippen molar-refractivity contribution in [1.82, 2.24) is 10.6 Å². The van der Waals surface area contributed by atoms with Crippen molar-refractivity contribution in [2.24, 2.45) is 11.7 Å². The largest absolute Gasteiger partial charge is 0.352 e. The summed E-state index contributed by atoms with van der Waals surface area (Å²) in [5.74, 6) is -0.00622. The lowest BCUT2D eigenvalue weighted by Crippen LogP contribution is -2.45. The number of rotatable bonds is 6. The van der Waals surface area contributed by atoms with Crippen molar-refractivity contribution in [3.05, 3.63) is 0 Å². The fraction of sp³-hybridized carbons (Fsp3) is 0.818. The molecule has 1 saturated carbocycles. The molecule has 1 aliphatic carbocycles. The summed E-state index contributed by atoms with van der Waals surface area (Å²) in [5, 5.41) is 5.34. The quantitative estimate of drug-likeness (QED) is 0.585. The Bertz CT molecular complexity index is 262. The average molecular weight is 227 g/mol. The van der Waals surface area contributed by atoms with Crippen LogP contribution >= 0.6 is 0 Å². The third-order valence-electron chi connectivity index (χ3n) is 2.43. The van der Waals surface area contributed by atoms with E-state index in [0.29, 0.717) is 18.4 Å². The lowest BCUT2D eigenvalue weighted by atomic mass is 10.0. The van der Waals surface area contributed by atoms with Crippen LogP contribution in [0.25, 0.3) is 0 Å². The SMILES string of the molecule is CC(C)CC(N)C(=O)NCC(=O)NC1CC1. The van der Waals surface area contributed by atoms with Gasteiger partial charge in [0.25, 0.3) is 0 Å². The molecule has 2 amide bonds. The van der Waals surface area contributed by atoms with Gasteiger partial charge in [0.2, 0.25) is 11.8 Å². The Hall–Kier alpha value is -1.10. The van der Waals surface area contributed by atoms with E-state index in [0.717, 1.165) is 12.8 Å². The molecule has 0 bridgehead atoms. The lowest BCUT2D eigenvalue weighted by molar-refractivity contribution is -0.127. The molecule has 1 unspecified atom stereocenters. The fourth-order valence-electron chi connectivity index (χ4n) is 1.42. The van der Waals surface area contributed by atoms with Crippen LogP contribution in [-0.2, 0) is 9.59 Å². The van der Waals surface area contributed by atoms with E-state index in [1.165, 1.54) is 0 Å². The Morgan fingerprint density at radius 2 is 2.00 bits per heavy atom. The van der Waals surface area contributed by atoms with Gasteiger partial charge in [0.05, 0.1) is 12.6 Å². The minimum Gasteiger partial charge on any atom is -0.352 e. The summed E-state index contributed by atoms with van der Waals surface area (Å²) in [6.07, 6.45) is 2.73. The van der Waals surface area contributed by atoms with Gasteiger partial charge in [-0.3, -0.25) is 9.59 Å². The van der Waals surface area contributed by atoms with Gasteiger partial charge < -0.3 is 16.4 Å². The molecule has 1 fully saturated rings. The number of nitrogens with one attached hydrogen (secondary N) is 2. The second kappa shape index (κ2) is 5.84. The van der Waals surface area contributed by atoms with Gasteiger partial charge in [-0.25, -0.2) is 0 Å². The molecule has 0 heterocycles. The highest BCUT2D eigenvalue weighted by Gasteiger charge is 2.23. The van der Waals surface area contributed by atoms with Gasteiger partial charge in [0.1, 0.15) is 0 Å². The second-order valence-corrected chi connectivity index (χ2v) is 4.80. The Balaban J connectivity index is 2.14. The highest BCUT2D eigenvalue weighted by atomic mass is 16.2. The fourth-order valence-corrected chi connectivity index (χ4v) is 1.42. The molecule has 16 heavy (non-hydrogen) atoms. The van der Waals surface area contributed by atoms with Gasteiger partial charge in [0.15, 0.2) is 0 Å². The van der Waals surface area contributed by atoms with Crippen LogP contribution in [0.3, 0.4) is 0 Å². The zero-order valence-electron chi connectivity index (χ0n) is 9.95. The number of nitrogens with two attached hydrogens (primary N) is 1. The topological polar surface area (TPSA) is 84.2 Å². The van der Waals surface area contributed by atoms with Crippen molar-refractivity contribution in [2.45, 2.75) is 45.2 Å². The Kier molecular flexibility index (Phi) is 4.73. The molecular weight excluding hydrogens is 206 g/mol. The van der Waals surface area contributed by atoms with E-state index >= 15 is 0 Å². The molecule has 5 heteroatoms. The van der Waals surface area contributed by atoms with E-state index < -0.39 is 6.04 Å². The maximum Gasteiger partial charge on any atom is 0.239 e. The third-order valence-corrected chi connectivity index (χ3v) is 2.43. The van der Waals surface area contributed by atoms with Crippen molar-refractivity contribution in [3.8, 4) is 0 Å². The van der Waals surface area contributed by atoms with E-state index in [1.807, 2.05) is 13.8 Å². The standard InChI is InChI=1S/C11H21N3O2/c1-7(2)5-9(12)11(16)13-6-10(15)14-8-3-4-8/h7-9H,3-6,12H2,1-2H3,(H,13,16)(H,14,15). The molecule has 0 radical (unpaired) electrons. The van der Waals surface area contributed by atoms with E-state index in [9.17, 15) is 9.59 Å². The van der Waals surface area contributed by atoms with Crippen LogP contribution in [0.1, 0.15) is 33.1 Å². The minimum absolute atomic E-state index is 0.0289. The molecular formula is C11H21N3O2. The molecule has 1 atom stereocenters. The lowest BCUT2D eigenvalue weighted by Gasteiger charge is -2.13. The number of carbonyl (C=O) groups excluding carboxylic acids is 2. The summed E-state index contributed by atoms with van der Waals surface area (Å²) in [4.78, 5) is 22.7. The number of carbonyl (C=O) groups is 2. The van der Waals surface area contributed by atoms with Crippen LogP contribution in [0, 0.1) is 5.92 Å². The van der Waals surface area contributed by atoms with Crippen LogP contribution in [0.4, 0.5) is 0 Å². The first-order valence-corrected chi connectivity index (χ1v) is 5.81. The molecule has 0 saturated heterocycles. The van der Waals surface area contributed by atoms with Crippen LogP contribution in [0.5, 0.6) is 0 Å². The molecule has 0 aliphatic heterocycles. The minimum atomic E-state index is -0.520. The third kappa shape index (κ3) is 5.11. The Morgan fingerprint density at radius 1 is 1.38 bits per heavy atom. The van der Waals surface area contributed by atoms with Crippen molar-refractivity contribution >= 4 is 11.8 Å². The van der Waals surface area contributed by atoms with Gasteiger partial charge >= 0.3 is 0 Å². The van der Waals surface area contributed by atoms with Crippen molar-refractivity contribution in [1.29, 1.82) is 0 Å². The highest BCUT2D eigenvalue weighted by molar-refractivity contribution is 5.87. The monoisotopic (exact) mass is 227 g/mol. The number of amides is 2. The van der Waals surface area contributed by atoms with Crippen molar-refractivity contribution in [3.63, 3.8) is 0 Å². The summed E-state index contributed by atoms with van der Waals surface area (Å²) in [6.45, 7) is 4.04. The molecule has 5 nitrogen and oxygen atoms in total. The predicted molar refractivity (Wildman–Crippen MR) is 61.6 cm³/mol. The summed E-state index contributed by atoms with van der Waals surface area (Å²) < 4.78 is 0. The molecule has 0 aromatic rings. The van der Waals surface area contributed by atoms with Gasteiger partial charge in [-0.1, -0.05) is 13.8 Å². The molecule has 0 spiro atoms. The van der Waals surface area contributed by atoms with E-state index in [1.54, 1.807) is 0 Å². The first kappa shape index (κ1) is 13.0. The Labute approximate surface area is 96.1 Å². The molecule has 4 N–H and O–H groups in total. The molecule has 0 aromatic carbocycles.